The van der Waals surface area contributed by atoms with E-state index in [4.69, 9.17) is 34.8 Å². The number of rotatable bonds is 8. The Morgan fingerprint density at radius 1 is 0.966 bits per heavy atom. The number of nitrogens with zero attached hydrogens (tertiary/aromatic N) is 2. The zero-order chi connectivity index (χ0) is 19.2. The van der Waals surface area contributed by atoms with Crippen LogP contribution in [0.3, 0.4) is 0 Å². The summed E-state index contributed by atoms with van der Waals surface area (Å²) in [5.74, 6) is 1.28. The van der Waals surface area contributed by atoms with Gasteiger partial charge in [-0.3, -0.25) is 9.88 Å². The zero-order valence-electron chi connectivity index (χ0n) is 15.4. The molecule has 0 radical (unpaired) electrons. The largest absolute Gasteiger partial charge is 0.508 e. The fourth-order valence-corrected chi connectivity index (χ4v) is 3.57. The van der Waals surface area contributed by atoms with Gasteiger partial charge in [0, 0.05) is 64.9 Å². The summed E-state index contributed by atoms with van der Waals surface area (Å²) in [4.78, 5) is 6.47. The van der Waals surface area contributed by atoms with Crippen LogP contribution in [0.1, 0.15) is 5.56 Å². The number of phenols is 1. The minimum atomic E-state index is 0. The van der Waals surface area contributed by atoms with E-state index in [1.807, 2.05) is 36.4 Å². The molecule has 0 unspecified atom stereocenters. The predicted octanol–water partition coefficient (Wildman–Crippen LogP) is 6.46. The zero-order valence-corrected chi connectivity index (χ0v) is 19.3. The van der Waals surface area contributed by atoms with E-state index in [2.05, 4.69) is 15.2 Å². The fourth-order valence-electron chi connectivity index (χ4n) is 2.93. The maximum Gasteiger partial charge on any atom is 0.120 e. The van der Waals surface area contributed by atoms with Crippen molar-refractivity contribution < 1.29 is 5.11 Å². The van der Waals surface area contributed by atoms with Crippen molar-refractivity contribution in [2.45, 2.75) is 6.54 Å². The van der Waals surface area contributed by atoms with E-state index in [0.717, 1.165) is 27.8 Å². The molecule has 0 aliphatic carbocycles. The van der Waals surface area contributed by atoms with Crippen molar-refractivity contribution in [1.82, 2.24) is 9.88 Å². The summed E-state index contributed by atoms with van der Waals surface area (Å²) in [5, 5.41) is 15.3. The first-order valence-corrected chi connectivity index (χ1v) is 10.0. The molecule has 3 aromatic rings. The number of nitrogens with one attached hydrogen (secondary N) is 1. The van der Waals surface area contributed by atoms with E-state index in [1.54, 1.807) is 12.3 Å². The lowest BCUT2D eigenvalue weighted by Crippen LogP contribution is -2.27. The molecule has 9 heteroatoms. The summed E-state index contributed by atoms with van der Waals surface area (Å²) in [6.45, 7) is 2.00. The van der Waals surface area contributed by atoms with Crippen LogP contribution >= 0.6 is 59.6 Å². The molecular formula is C20H22Cl5N3O. The molecule has 0 aliphatic heterocycles. The minimum absolute atomic E-state index is 0. The van der Waals surface area contributed by atoms with Crippen molar-refractivity contribution in [3.8, 4) is 5.75 Å². The van der Waals surface area contributed by atoms with Crippen LogP contribution in [0.15, 0.2) is 48.7 Å². The number of hydrogen-bond acceptors (Lipinski definition) is 4. The highest BCUT2D eigenvalue weighted by Crippen LogP contribution is 2.29. The third kappa shape index (κ3) is 6.95. The molecule has 0 fully saturated rings. The summed E-state index contributed by atoms with van der Waals surface area (Å²) in [5.41, 5.74) is 3.44. The van der Waals surface area contributed by atoms with E-state index in [-0.39, 0.29) is 30.6 Å². The van der Waals surface area contributed by atoms with Crippen LogP contribution in [0, 0.1) is 0 Å². The van der Waals surface area contributed by atoms with E-state index in [1.165, 1.54) is 0 Å². The Balaban J connectivity index is 0.00000210. The molecule has 2 aromatic carbocycles. The van der Waals surface area contributed by atoms with Crippen LogP contribution in [0.5, 0.6) is 5.75 Å². The molecule has 158 valence electrons. The van der Waals surface area contributed by atoms with Gasteiger partial charge in [0.15, 0.2) is 0 Å². The number of benzene rings is 2. The average molecular weight is 498 g/mol. The number of fused-ring (bicyclic) bond motifs is 1. The van der Waals surface area contributed by atoms with Gasteiger partial charge in [0.05, 0.1) is 5.52 Å². The number of alkyl halides is 2. The number of aromatic hydroxyl groups is 1. The summed E-state index contributed by atoms with van der Waals surface area (Å²) in [6, 6.07) is 13.0. The molecule has 0 atom stereocenters. The van der Waals surface area contributed by atoms with Crippen LogP contribution in [-0.2, 0) is 6.54 Å². The quantitative estimate of drug-likeness (QED) is 0.277. The molecule has 29 heavy (non-hydrogen) atoms. The van der Waals surface area contributed by atoms with Crippen molar-refractivity contribution in [3.05, 3.63) is 59.2 Å². The second-order valence-corrected chi connectivity index (χ2v) is 7.33. The maximum atomic E-state index is 10.2. The lowest BCUT2D eigenvalue weighted by atomic mass is 10.1. The standard InChI is InChI=1S/C20H20Cl3N3O.2ClH/c21-6-9-26(10-7-22)13-14-11-16(2-4-20(14)27)25-18-5-8-24-19-12-15(23)1-3-17(18)19;;/h1-5,8,11-12,27H,6-7,9-10,13H2,(H,24,25);2*1H. The molecule has 0 aliphatic rings. The Labute approximate surface area is 198 Å². The van der Waals surface area contributed by atoms with Gasteiger partial charge in [-0.15, -0.1) is 48.0 Å². The second-order valence-electron chi connectivity index (χ2n) is 6.14. The van der Waals surface area contributed by atoms with Gasteiger partial charge in [-0.1, -0.05) is 11.6 Å². The van der Waals surface area contributed by atoms with E-state index < -0.39 is 0 Å². The molecule has 0 saturated carbocycles. The van der Waals surface area contributed by atoms with Gasteiger partial charge in [0.2, 0.25) is 0 Å². The van der Waals surface area contributed by atoms with Crippen molar-refractivity contribution in [3.63, 3.8) is 0 Å². The molecule has 4 nitrogen and oxygen atoms in total. The van der Waals surface area contributed by atoms with Crippen molar-refractivity contribution in [2.75, 3.05) is 30.2 Å². The van der Waals surface area contributed by atoms with Crippen molar-refractivity contribution >= 4 is 81.9 Å². The van der Waals surface area contributed by atoms with Gasteiger partial charge in [0.25, 0.3) is 0 Å². The van der Waals surface area contributed by atoms with Crippen LogP contribution in [-0.4, -0.2) is 39.8 Å². The molecule has 2 N–H and O–H groups in total. The molecule has 0 amide bonds. The van der Waals surface area contributed by atoms with Crippen LogP contribution in [0.4, 0.5) is 11.4 Å². The summed E-state index contributed by atoms with van der Waals surface area (Å²) in [7, 11) is 0. The normalized spacial score (nSPS) is 10.5. The predicted molar refractivity (Wildman–Crippen MR) is 129 cm³/mol. The smallest absolute Gasteiger partial charge is 0.120 e. The van der Waals surface area contributed by atoms with Crippen molar-refractivity contribution in [2.24, 2.45) is 0 Å². The first-order valence-electron chi connectivity index (χ1n) is 8.58. The first-order chi connectivity index (χ1) is 13.1. The molecule has 1 aromatic heterocycles. The number of pyridine rings is 1. The molecule has 0 saturated heterocycles. The first kappa shape index (κ1) is 25.9. The van der Waals surface area contributed by atoms with Crippen LogP contribution in [0.25, 0.3) is 10.9 Å². The molecule has 1 heterocycles. The highest BCUT2D eigenvalue weighted by atomic mass is 35.5. The summed E-state index contributed by atoms with van der Waals surface area (Å²) < 4.78 is 0. The summed E-state index contributed by atoms with van der Waals surface area (Å²) in [6.07, 6.45) is 1.74. The SMILES string of the molecule is Cl.Cl.Oc1ccc(Nc2ccnc3cc(Cl)ccc23)cc1CN(CCCl)CCCl. The third-order valence-corrected chi connectivity index (χ3v) is 4.83. The molecule has 3 rings (SSSR count). The monoisotopic (exact) mass is 495 g/mol. The highest BCUT2D eigenvalue weighted by molar-refractivity contribution is 6.31. The molecule has 0 spiro atoms. The fraction of sp³-hybridized carbons (Fsp3) is 0.250. The molecular weight excluding hydrogens is 476 g/mol. The second kappa shape index (κ2) is 12.5. The van der Waals surface area contributed by atoms with Gasteiger partial charge >= 0.3 is 0 Å². The van der Waals surface area contributed by atoms with E-state index in [0.29, 0.717) is 36.4 Å². The minimum Gasteiger partial charge on any atom is -0.508 e. The van der Waals surface area contributed by atoms with Gasteiger partial charge in [-0.05, 0) is 42.5 Å². The summed E-state index contributed by atoms with van der Waals surface area (Å²) >= 11 is 17.8. The Morgan fingerprint density at radius 3 is 2.38 bits per heavy atom. The number of halogens is 5. The number of anilines is 2. The lowest BCUT2D eigenvalue weighted by Gasteiger charge is -2.21. The topological polar surface area (TPSA) is 48.4 Å². The van der Waals surface area contributed by atoms with Gasteiger partial charge in [0.1, 0.15) is 5.75 Å². The van der Waals surface area contributed by atoms with Gasteiger partial charge in [-0.2, -0.15) is 0 Å². The van der Waals surface area contributed by atoms with Gasteiger partial charge < -0.3 is 10.4 Å². The maximum absolute atomic E-state index is 10.2. The lowest BCUT2D eigenvalue weighted by molar-refractivity contribution is 0.294. The average Bonchev–Trinajstić information content (AvgIpc) is 2.65. The van der Waals surface area contributed by atoms with Crippen LogP contribution in [0.2, 0.25) is 5.02 Å². The van der Waals surface area contributed by atoms with Crippen LogP contribution < -0.4 is 5.32 Å². The highest BCUT2D eigenvalue weighted by Gasteiger charge is 2.10. The van der Waals surface area contributed by atoms with Crippen molar-refractivity contribution in [1.29, 1.82) is 0 Å². The number of aromatic nitrogens is 1. The Hall–Kier alpha value is -1.14. The molecule has 0 bridgehead atoms. The van der Waals surface area contributed by atoms with Gasteiger partial charge in [-0.25, -0.2) is 0 Å². The Kier molecular flexibility index (Phi) is 11.2. The Bertz CT molecular complexity index is 920. The number of phenolic OH excluding ortho intramolecular Hbond substituents is 1. The van der Waals surface area contributed by atoms with E-state index >= 15 is 0 Å². The third-order valence-electron chi connectivity index (χ3n) is 4.26. The van der Waals surface area contributed by atoms with E-state index in [9.17, 15) is 5.11 Å². The Morgan fingerprint density at radius 2 is 1.69 bits per heavy atom. The number of hydrogen-bond donors (Lipinski definition) is 2.